The van der Waals surface area contributed by atoms with Crippen LogP contribution in [0, 0.1) is 6.92 Å². The van der Waals surface area contributed by atoms with E-state index in [0.717, 1.165) is 36.8 Å². The van der Waals surface area contributed by atoms with E-state index in [1.165, 1.54) is 11.1 Å². The monoisotopic (exact) mass is 488 g/mol. The molecule has 0 saturated heterocycles. The highest BCUT2D eigenvalue weighted by molar-refractivity contribution is 6.31. The van der Waals surface area contributed by atoms with Crippen molar-refractivity contribution in [3.05, 3.63) is 46.2 Å². The summed E-state index contributed by atoms with van der Waals surface area (Å²) >= 11 is 5.88. The van der Waals surface area contributed by atoms with Crippen molar-refractivity contribution in [3.8, 4) is 0 Å². The summed E-state index contributed by atoms with van der Waals surface area (Å²) in [6.45, 7) is 8.20. The van der Waals surface area contributed by atoms with Crippen LogP contribution in [0.4, 0.5) is 11.6 Å². The van der Waals surface area contributed by atoms with Gasteiger partial charge in [0.05, 0.1) is 33.7 Å². The molecule has 0 radical (unpaired) electrons. The van der Waals surface area contributed by atoms with Crippen molar-refractivity contribution in [1.29, 1.82) is 0 Å². The fourth-order valence-electron chi connectivity index (χ4n) is 3.34. The zero-order valence-electron chi connectivity index (χ0n) is 20.2. The number of carbonyl (C=O) groups excluding carboxylic acids is 2. The standard InChI is InChI=1S/C24H34ClN7O2/c1-17-7-9-18(10-8-17)11-12-19(33)28-13-5-6-15-32(3,4)16-14-29-24(34)20-23(27-2)31-22(26)21(25)30-20/h7-10H,2,5-6,11-16H2,1,3-4H3,(H3-,26,28,29,31,33,34)/p+1. The number of nitrogens with one attached hydrogen (secondary N) is 2. The van der Waals surface area contributed by atoms with E-state index in [9.17, 15) is 9.59 Å². The maximum Gasteiger partial charge on any atom is 0.274 e. The molecule has 2 amide bonds. The molecule has 0 aliphatic carbocycles. The summed E-state index contributed by atoms with van der Waals surface area (Å²) in [5, 5.41) is 5.77. The molecule has 4 N–H and O–H groups in total. The Labute approximate surface area is 206 Å². The number of benzene rings is 1. The van der Waals surface area contributed by atoms with Crippen molar-refractivity contribution in [2.24, 2.45) is 4.99 Å². The van der Waals surface area contributed by atoms with Crippen LogP contribution in [0.2, 0.25) is 5.15 Å². The zero-order valence-corrected chi connectivity index (χ0v) is 21.0. The number of rotatable bonds is 13. The number of hydrogen-bond donors (Lipinski definition) is 3. The molecule has 0 aliphatic rings. The van der Waals surface area contributed by atoms with E-state index in [0.29, 0.717) is 19.5 Å². The second-order valence-electron chi connectivity index (χ2n) is 8.91. The fraction of sp³-hybridized carbons (Fsp3) is 0.458. The minimum absolute atomic E-state index is 0.000809. The number of aliphatic imine (C=N–C) groups is 1. The minimum Gasteiger partial charge on any atom is -0.381 e. The van der Waals surface area contributed by atoms with Gasteiger partial charge in [0.1, 0.15) is 0 Å². The number of halogens is 1. The Balaban J connectivity index is 1.63. The Hall–Kier alpha value is -3.04. The van der Waals surface area contributed by atoms with Crippen molar-refractivity contribution in [1.82, 2.24) is 20.6 Å². The molecule has 0 spiro atoms. The number of amides is 2. The normalized spacial score (nSPS) is 11.2. The quantitative estimate of drug-likeness (QED) is 0.227. The molecule has 0 atom stereocenters. The van der Waals surface area contributed by atoms with Crippen molar-refractivity contribution in [2.45, 2.75) is 32.6 Å². The van der Waals surface area contributed by atoms with E-state index >= 15 is 0 Å². The molecule has 0 aliphatic heterocycles. The number of likely N-dealkylation sites (N-methyl/N-ethyl adjacent to an activating group) is 1. The summed E-state index contributed by atoms with van der Waals surface area (Å²) in [5.41, 5.74) is 7.99. The first-order chi connectivity index (χ1) is 16.1. The van der Waals surface area contributed by atoms with Crippen molar-refractivity contribution in [3.63, 3.8) is 0 Å². The van der Waals surface area contributed by atoms with E-state index in [4.69, 9.17) is 17.3 Å². The average molecular weight is 489 g/mol. The number of anilines is 1. The molecule has 0 unspecified atom stereocenters. The smallest absolute Gasteiger partial charge is 0.274 e. The first-order valence-electron chi connectivity index (χ1n) is 11.3. The van der Waals surface area contributed by atoms with Crippen LogP contribution in [-0.4, -0.2) is 73.3 Å². The van der Waals surface area contributed by atoms with Gasteiger partial charge >= 0.3 is 0 Å². The fourth-order valence-corrected chi connectivity index (χ4v) is 3.47. The van der Waals surface area contributed by atoms with Crippen LogP contribution in [0.5, 0.6) is 0 Å². The lowest BCUT2D eigenvalue weighted by Crippen LogP contribution is -2.46. The topological polar surface area (TPSA) is 122 Å². The maximum absolute atomic E-state index is 12.4. The molecule has 0 bridgehead atoms. The lowest BCUT2D eigenvalue weighted by Gasteiger charge is -2.30. The van der Waals surface area contributed by atoms with Gasteiger partial charge in [-0.05, 0) is 38.5 Å². The van der Waals surface area contributed by atoms with Crippen LogP contribution < -0.4 is 16.4 Å². The number of nitrogens with two attached hydrogens (primary N) is 1. The Morgan fingerprint density at radius 3 is 2.47 bits per heavy atom. The number of quaternary nitrogens is 1. The molecular formula is C24H35ClN7O2+. The third-order valence-corrected chi connectivity index (χ3v) is 5.78. The molecule has 1 aromatic heterocycles. The van der Waals surface area contributed by atoms with E-state index in [2.05, 4.69) is 77.6 Å². The predicted molar refractivity (Wildman–Crippen MR) is 137 cm³/mol. The molecule has 0 saturated carbocycles. The van der Waals surface area contributed by atoms with Gasteiger partial charge in [-0.2, -0.15) is 0 Å². The van der Waals surface area contributed by atoms with Crippen molar-refractivity contribution in [2.75, 3.05) is 46.0 Å². The van der Waals surface area contributed by atoms with Gasteiger partial charge in [0.15, 0.2) is 22.5 Å². The van der Waals surface area contributed by atoms with Gasteiger partial charge in [-0.3, -0.25) is 9.59 Å². The third-order valence-electron chi connectivity index (χ3n) is 5.50. The number of nitrogen functional groups attached to an aromatic ring is 1. The summed E-state index contributed by atoms with van der Waals surface area (Å²) in [6, 6.07) is 8.27. The van der Waals surface area contributed by atoms with Crippen molar-refractivity contribution < 1.29 is 14.1 Å². The third kappa shape index (κ3) is 9.07. The Kier molecular flexibility index (Phi) is 10.4. The minimum atomic E-state index is -0.426. The van der Waals surface area contributed by atoms with Gasteiger partial charge < -0.3 is 20.9 Å². The lowest BCUT2D eigenvalue weighted by atomic mass is 10.1. The number of unbranched alkanes of at least 4 members (excludes halogenated alkanes) is 1. The average Bonchev–Trinajstić information content (AvgIpc) is 2.79. The van der Waals surface area contributed by atoms with Gasteiger partial charge in [-0.25, -0.2) is 15.0 Å². The molecule has 2 rings (SSSR count). The van der Waals surface area contributed by atoms with Crippen LogP contribution >= 0.6 is 11.6 Å². The van der Waals surface area contributed by atoms with E-state index in [1.807, 2.05) is 0 Å². The number of aryl methyl sites for hydroxylation is 2. The second kappa shape index (κ2) is 13.0. The van der Waals surface area contributed by atoms with E-state index in [1.54, 1.807) is 0 Å². The van der Waals surface area contributed by atoms with Crippen LogP contribution in [0.15, 0.2) is 29.3 Å². The summed E-state index contributed by atoms with van der Waals surface area (Å²) in [4.78, 5) is 36.1. The van der Waals surface area contributed by atoms with E-state index < -0.39 is 5.91 Å². The van der Waals surface area contributed by atoms with Crippen LogP contribution in [-0.2, 0) is 11.2 Å². The van der Waals surface area contributed by atoms with E-state index in [-0.39, 0.29) is 28.4 Å². The van der Waals surface area contributed by atoms with Gasteiger partial charge in [-0.1, -0.05) is 41.4 Å². The molecule has 1 aromatic carbocycles. The van der Waals surface area contributed by atoms with Gasteiger partial charge in [0.2, 0.25) is 5.91 Å². The lowest BCUT2D eigenvalue weighted by molar-refractivity contribution is -0.889. The summed E-state index contributed by atoms with van der Waals surface area (Å²) in [6.07, 6.45) is 3.11. The molecule has 9 nitrogen and oxygen atoms in total. The first-order valence-corrected chi connectivity index (χ1v) is 11.7. The second-order valence-corrected chi connectivity index (χ2v) is 9.27. The summed E-state index contributed by atoms with van der Waals surface area (Å²) in [5.74, 6) is -0.295. The number of carbonyl (C=O) groups is 2. The predicted octanol–water partition coefficient (Wildman–Crippen LogP) is 2.69. The van der Waals surface area contributed by atoms with Crippen LogP contribution in [0.3, 0.4) is 0 Å². The SMILES string of the molecule is C=Nc1nc(N)c(Cl)nc1C(=O)NCC[N+](C)(C)CCCCNC(=O)CCc1ccc(C)cc1. The molecular weight excluding hydrogens is 454 g/mol. The van der Waals surface area contributed by atoms with Crippen LogP contribution in [0.25, 0.3) is 0 Å². The van der Waals surface area contributed by atoms with Gasteiger partial charge in [0, 0.05) is 13.0 Å². The van der Waals surface area contributed by atoms with Gasteiger partial charge in [0.25, 0.3) is 5.91 Å². The van der Waals surface area contributed by atoms with Crippen molar-refractivity contribution >= 4 is 41.8 Å². The summed E-state index contributed by atoms with van der Waals surface area (Å²) in [7, 11) is 4.20. The van der Waals surface area contributed by atoms with Gasteiger partial charge in [-0.15, -0.1) is 0 Å². The zero-order chi connectivity index (χ0) is 25.1. The maximum atomic E-state index is 12.4. The first kappa shape index (κ1) is 27.2. The molecule has 10 heteroatoms. The number of nitrogens with zero attached hydrogens (tertiary/aromatic N) is 4. The Morgan fingerprint density at radius 1 is 1.09 bits per heavy atom. The largest absolute Gasteiger partial charge is 0.381 e. The Bertz CT molecular complexity index is 994. The molecule has 184 valence electrons. The molecule has 1 heterocycles. The summed E-state index contributed by atoms with van der Waals surface area (Å²) < 4.78 is 0.725. The molecule has 34 heavy (non-hydrogen) atoms. The molecule has 2 aromatic rings. The Morgan fingerprint density at radius 2 is 1.79 bits per heavy atom. The molecule has 0 fully saturated rings. The number of aromatic nitrogens is 2. The highest BCUT2D eigenvalue weighted by Crippen LogP contribution is 2.21. The highest BCUT2D eigenvalue weighted by atomic mass is 35.5. The van der Waals surface area contributed by atoms with Crippen LogP contribution in [0.1, 0.15) is 40.9 Å². The highest BCUT2D eigenvalue weighted by Gasteiger charge is 2.19. The number of hydrogen-bond acceptors (Lipinski definition) is 6.